The first kappa shape index (κ1) is 13.4. The van der Waals surface area contributed by atoms with E-state index in [0.717, 1.165) is 0 Å². The molecular weight excluding hydrogens is 248 g/mol. The van der Waals surface area contributed by atoms with E-state index in [-0.39, 0.29) is 31.4 Å². The molecule has 0 bridgehead atoms. The smallest absolute Gasteiger partial charge is 0.262 e. The molecule has 0 atom stereocenters. The highest BCUT2D eigenvalue weighted by atomic mass is 16.5. The van der Waals surface area contributed by atoms with Gasteiger partial charge in [0.05, 0.1) is 5.69 Å². The van der Waals surface area contributed by atoms with Crippen molar-refractivity contribution in [2.24, 2.45) is 0 Å². The number of nitrogens with zero attached hydrogens (tertiary/aromatic N) is 1. The van der Waals surface area contributed by atoms with Gasteiger partial charge >= 0.3 is 0 Å². The number of aliphatic hydroxyl groups excluding tert-OH is 1. The number of ether oxygens (including phenoxy) is 1. The van der Waals surface area contributed by atoms with Gasteiger partial charge in [0.25, 0.3) is 5.91 Å². The number of amides is 2. The summed E-state index contributed by atoms with van der Waals surface area (Å²) in [6.45, 7) is 0.00524. The highest BCUT2D eigenvalue weighted by Gasteiger charge is 2.18. The summed E-state index contributed by atoms with van der Waals surface area (Å²) in [5, 5.41) is 11.4. The number of benzene rings is 1. The van der Waals surface area contributed by atoms with Crippen molar-refractivity contribution < 1.29 is 19.4 Å². The van der Waals surface area contributed by atoms with Gasteiger partial charge in [-0.2, -0.15) is 0 Å². The summed E-state index contributed by atoms with van der Waals surface area (Å²) >= 11 is 0. The van der Waals surface area contributed by atoms with Crippen LogP contribution in [0.3, 0.4) is 0 Å². The van der Waals surface area contributed by atoms with Gasteiger partial charge in [-0.1, -0.05) is 0 Å². The largest absolute Gasteiger partial charge is 0.482 e. The number of rotatable bonds is 4. The van der Waals surface area contributed by atoms with Crippen LogP contribution in [0.2, 0.25) is 0 Å². The van der Waals surface area contributed by atoms with Gasteiger partial charge in [-0.15, -0.1) is 0 Å². The molecule has 6 nitrogen and oxygen atoms in total. The number of fused-ring (bicyclic) bond motifs is 1. The minimum atomic E-state index is -0.209. The molecule has 0 radical (unpaired) electrons. The third-order valence-corrected chi connectivity index (χ3v) is 2.91. The SMILES string of the molecule is CN(C(=O)CCCO)c1ccc2c(c1)NC(=O)CO2. The fraction of sp³-hybridized carbons (Fsp3) is 0.385. The summed E-state index contributed by atoms with van der Waals surface area (Å²) in [4.78, 5) is 24.6. The Morgan fingerprint density at radius 2 is 2.32 bits per heavy atom. The lowest BCUT2D eigenvalue weighted by molar-refractivity contribution is -0.119. The zero-order valence-electron chi connectivity index (χ0n) is 10.7. The number of hydrogen-bond donors (Lipinski definition) is 2. The lowest BCUT2D eigenvalue weighted by atomic mass is 10.2. The Morgan fingerprint density at radius 1 is 1.53 bits per heavy atom. The van der Waals surface area contributed by atoms with E-state index < -0.39 is 0 Å². The van der Waals surface area contributed by atoms with Crippen molar-refractivity contribution in [2.75, 3.05) is 30.5 Å². The molecule has 2 rings (SSSR count). The van der Waals surface area contributed by atoms with Gasteiger partial charge in [0.15, 0.2) is 6.61 Å². The fourth-order valence-corrected chi connectivity index (χ4v) is 1.82. The molecular formula is C13H16N2O4. The summed E-state index contributed by atoms with van der Waals surface area (Å²) in [5.41, 5.74) is 1.24. The molecule has 0 fully saturated rings. The molecule has 0 spiro atoms. The van der Waals surface area contributed by atoms with Gasteiger partial charge in [-0.05, 0) is 24.6 Å². The average Bonchev–Trinajstić information content (AvgIpc) is 2.43. The molecule has 0 unspecified atom stereocenters. The first-order valence-corrected chi connectivity index (χ1v) is 6.06. The van der Waals surface area contributed by atoms with Crippen LogP contribution < -0.4 is 15.0 Å². The number of nitrogens with one attached hydrogen (secondary N) is 1. The minimum absolute atomic E-state index is 0.00628. The molecule has 0 saturated carbocycles. The van der Waals surface area contributed by atoms with Crippen LogP contribution in [0.4, 0.5) is 11.4 Å². The van der Waals surface area contributed by atoms with E-state index in [1.54, 1.807) is 25.2 Å². The molecule has 102 valence electrons. The van der Waals surface area contributed by atoms with E-state index in [0.29, 0.717) is 23.5 Å². The normalized spacial score (nSPS) is 13.3. The molecule has 6 heteroatoms. The lowest BCUT2D eigenvalue weighted by Gasteiger charge is -2.22. The molecule has 2 N–H and O–H groups in total. The highest BCUT2D eigenvalue weighted by Crippen LogP contribution is 2.31. The third kappa shape index (κ3) is 3.03. The van der Waals surface area contributed by atoms with Gasteiger partial charge in [-0.3, -0.25) is 9.59 Å². The molecule has 1 aromatic carbocycles. The van der Waals surface area contributed by atoms with E-state index in [2.05, 4.69) is 5.32 Å². The third-order valence-electron chi connectivity index (χ3n) is 2.91. The first-order valence-electron chi connectivity index (χ1n) is 6.06. The van der Waals surface area contributed by atoms with E-state index in [1.165, 1.54) is 4.90 Å². The summed E-state index contributed by atoms with van der Waals surface area (Å²) in [6, 6.07) is 5.18. The Kier molecular flexibility index (Phi) is 4.01. The fourth-order valence-electron chi connectivity index (χ4n) is 1.82. The predicted molar refractivity (Wildman–Crippen MR) is 70.3 cm³/mol. The molecule has 1 aromatic rings. The first-order chi connectivity index (χ1) is 9.11. The molecule has 1 aliphatic rings. The Labute approximate surface area is 111 Å². The van der Waals surface area contributed by atoms with Crippen molar-refractivity contribution in [1.29, 1.82) is 0 Å². The van der Waals surface area contributed by atoms with Crippen molar-refractivity contribution in [1.82, 2.24) is 0 Å². The number of carbonyl (C=O) groups excluding carboxylic acids is 2. The summed E-state index contributed by atoms with van der Waals surface area (Å²) in [6.07, 6.45) is 0.723. The second-order valence-electron chi connectivity index (χ2n) is 4.30. The van der Waals surface area contributed by atoms with Gasteiger partial charge in [-0.25, -0.2) is 0 Å². The van der Waals surface area contributed by atoms with E-state index in [1.807, 2.05) is 0 Å². The minimum Gasteiger partial charge on any atom is -0.482 e. The number of anilines is 2. The van der Waals surface area contributed by atoms with Crippen LogP contribution in [0.5, 0.6) is 5.75 Å². The van der Waals surface area contributed by atoms with E-state index in [4.69, 9.17) is 9.84 Å². The van der Waals surface area contributed by atoms with Crippen molar-refractivity contribution in [3.05, 3.63) is 18.2 Å². The van der Waals surface area contributed by atoms with Gasteiger partial charge in [0, 0.05) is 25.8 Å². The van der Waals surface area contributed by atoms with Gasteiger partial charge < -0.3 is 20.1 Å². The predicted octanol–water partition coefficient (Wildman–Crippen LogP) is 0.753. The van der Waals surface area contributed by atoms with Gasteiger partial charge in [0.2, 0.25) is 5.91 Å². The standard InChI is InChI=1S/C13H16N2O4/c1-15(13(18)3-2-6-16)9-4-5-11-10(7-9)14-12(17)8-19-11/h4-5,7,16H,2-3,6,8H2,1H3,(H,14,17). The number of aliphatic hydroxyl groups is 1. The van der Waals surface area contributed by atoms with Crippen LogP contribution in [0.25, 0.3) is 0 Å². The zero-order valence-corrected chi connectivity index (χ0v) is 10.7. The maximum atomic E-state index is 11.8. The van der Waals surface area contributed by atoms with Crippen LogP contribution in [0.1, 0.15) is 12.8 Å². The van der Waals surface area contributed by atoms with Crippen molar-refractivity contribution >= 4 is 23.2 Å². The molecule has 1 aliphatic heterocycles. The topological polar surface area (TPSA) is 78.9 Å². The van der Waals surface area contributed by atoms with Crippen LogP contribution in [0, 0.1) is 0 Å². The van der Waals surface area contributed by atoms with Crippen LogP contribution in [-0.2, 0) is 9.59 Å². The molecule has 1 heterocycles. The van der Waals surface area contributed by atoms with Crippen LogP contribution >= 0.6 is 0 Å². The second-order valence-corrected chi connectivity index (χ2v) is 4.30. The Hall–Kier alpha value is -2.08. The summed E-state index contributed by atoms with van der Waals surface area (Å²) in [5.74, 6) is 0.301. The average molecular weight is 264 g/mol. The van der Waals surface area contributed by atoms with Crippen molar-refractivity contribution in [3.8, 4) is 5.75 Å². The Morgan fingerprint density at radius 3 is 3.05 bits per heavy atom. The maximum absolute atomic E-state index is 11.8. The number of hydrogen-bond acceptors (Lipinski definition) is 4. The lowest BCUT2D eigenvalue weighted by Crippen LogP contribution is -2.28. The molecule has 0 aliphatic carbocycles. The van der Waals surface area contributed by atoms with Crippen molar-refractivity contribution in [2.45, 2.75) is 12.8 Å². The molecule has 0 aromatic heterocycles. The number of carbonyl (C=O) groups is 2. The molecule has 2 amide bonds. The van der Waals surface area contributed by atoms with Crippen molar-refractivity contribution in [3.63, 3.8) is 0 Å². The van der Waals surface area contributed by atoms with Gasteiger partial charge in [0.1, 0.15) is 5.75 Å². The van der Waals surface area contributed by atoms with Crippen LogP contribution in [-0.4, -0.2) is 37.2 Å². The zero-order chi connectivity index (χ0) is 13.8. The Bertz CT molecular complexity index is 501. The van der Waals surface area contributed by atoms with E-state index >= 15 is 0 Å². The summed E-state index contributed by atoms with van der Waals surface area (Å²) < 4.78 is 5.25. The monoisotopic (exact) mass is 264 g/mol. The molecule has 0 saturated heterocycles. The maximum Gasteiger partial charge on any atom is 0.262 e. The summed E-state index contributed by atoms with van der Waals surface area (Å²) in [7, 11) is 1.66. The van der Waals surface area contributed by atoms with E-state index in [9.17, 15) is 9.59 Å². The Balaban J connectivity index is 2.14. The molecule has 19 heavy (non-hydrogen) atoms. The second kappa shape index (κ2) is 5.71. The quantitative estimate of drug-likeness (QED) is 0.841. The highest BCUT2D eigenvalue weighted by molar-refractivity contribution is 5.98. The van der Waals surface area contributed by atoms with Crippen LogP contribution in [0.15, 0.2) is 18.2 Å².